The van der Waals surface area contributed by atoms with Gasteiger partial charge in [0.05, 0.1) is 0 Å². The summed E-state index contributed by atoms with van der Waals surface area (Å²) < 4.78 is 0. The molecule has 0 atom stereocenters. The second-order valence-corrected chi connectivity index (χ2v) is 4.53. The molecule has 0 saturated heterocycles. The first-order chi connectivity index (χ1) is 9.06. The quantitative estimate of drug-likeness (QED) is 0.697. The van der Waals surface area contributed by atoms with E-state index in [2.05, 4.69) is 25.9 Å². The van der Waals surface area contributed by atoms with E-state index in [0.717, 1.165) is 17.5 Å². The van der Waals surface area contributed by atoms with Crippen molar-refractivity contribution in [2.45, 2.75) is 33.1 Å². The number of hydrogen-bond donors (Lipinski definition) is 3. The fourth-order valence-corrected chi connectivity index (χ4v) is 1.53. The summed E-state index contributed by atoms with van der Waals surface area (Å²) in [5.74, 6) is 2.61. The molecule has 1 amide bonds. The Morgan fingerprint density at radius 2 is 2.00 bits per heavy atom. The Morgan fingerprint density at radius 1 is 1.32 bits per heavy atom. The van der Waals surface area contributed by atoms with Gasteiger partial charge >= 0.3 is 0 Å². The molecule has 3 N–H and O–H groups in total. The maximum atomic E-state index is 11.3. The average molecular weight is 265 g/mol. The van der Waals surface area contributed by atoms with E-state index in [-0.39, 0.29) is 11.8 Å². The smallest absolute Gasteiger partial charge is 0.221 e. The molecule has 0 aromatic carbocycles. The zero-order chi connectivity index (χ0) is 14.3. The van der Waals surface area contributed by atoms with Gasteiger partial charge in [-0.3, -0.25) is 4.79 Å². The van der Waals surface area contributed by atoms with E-state index < -0.39 is 0 Å². The molecule has 1 aromatic rings. The SMILES string of the molecule is CCNC(=O)CCNc1cc(NC)nc(C(C)C)n1. The minimum Gasteiger partial charge on any atom is -0.373 e. The minimum absolute atomic E-state index is 0.0435. The van der Waals surface area contributed by atoms with Crippen LogP contribution in [0.4, 0.5) is 11.6 Å². The Morgan fingerprint density at radius 3 is 2.58 bits per heavy atom. The van der Waals surface area contributed by atoms with E-state index in [1.165, 1.54) is 0 Å². The fourth-order valence-electron chi connectivity index (χ4n) is 1.53. The number of carbonyl (C=O) groups excluding carboxylic acids is 1. The molecule has 0 aliphatic carbocycles. The van der Waals surface area contributed by atoms with Gasteiger partial charge in [-0.15, -0.1) is 0 Å². The Kier molecular flexibility index (Phi) is 6.05. The number of hydrogen-bond acceptors (Lipinski definition) is 5. The van der Waals surface area contributed by atoms with E-state index in [0.29, 0.717) is 19.5 Å². The highest BCUT2D eigenvalue weighted by atomic mass is 16.1. The third kappa shape index (κ3) is 5.11. The molecule has 106 valence electrons. The lowest BCUT2D eigenvalue weighted by molar-refractivity contribution is -0.120. The van der Waals surface area contributed by atoms with Crippen molar-refractivity contribution in [1.29, 1.82) is 0 Å². The molecule has 1 aromatic heterocycles. The van der Waals surface area contributed by atoms with Gasteiger partial charge in [-0.2, -0.15) is 0 Å². The van der Waals surface area contributed by atoms with Gasteiger partial charge in [-0.1, -0.05) is 13.8 Å². The summed E-state index contributed by atoms with van der Waals surface area (Å²) in [4.78, 5) is 20.1. The summed E-state index contributed by atoms with van der Waals surface area (Å²) in [6.07, 6.45) is 0.434. The summed E-state index contributed by atoms with van der Waals surface area (Å²) in [7, 11) is 1.82. The Bertz CT molecular complexity index is 419. The molecule has 0 saturated carbocycles. The van der Waals surface area contributed by atoms with Crippen molar-refractivity contribution in [1.82, 2.24) is 15.3 Å². The van der Waals surface area contributed by atoms with Gasteiger partial charge in [0, 0.05) is 38.5 Å². The van der Waals surface area contributed by atoms with Crippen LogP contribution in [0, 0.1) is 0 Å². The second-order valence-electron chi connectivity index (χ2n) is 4.53. The number of aromatic nitrogens is 2. The Hall–Kier alpha value is -1.85. The van der Waals surface area contributed by atoms with Crippen LogP contribution in [0.1, 0.15) is 38.9 Å². The van der Waals surface area contributed by atoms with Crippen LogP contribution in [0.2, 0.25) is 0 Å². The number of nitrogens with zero attached hydrogens (tertiary/aromatic N) is 2. The molecule has 0 fully saturated rings. The van der Waals surface area contributed by atoms with E-state index >= 15 is 0 Å². The first kappa shape index (κ1) is 15.2. The van der Waals surface area contributed by atoms with Crippen LogP contribution in [0.15, 0.2) is 6.07 Å². The molecule has 1 rings (SSSR count). The Labute approximate surface area is 114 Å². The lowest BCUT2D eigenvalue weighted by atomic mass is 10.2. The maximum absolute atomic E-state index is 11.3. The molecule has 0 aliphatic rings. The molecule has 0 unspecified atom stereocenters. The lowest BCUT2D eigenvalue weighted by Crippen LogP contribution is -2.25. The molecule has 1 heterocycles. The van der Waals surface area contributed by atoms with Crippen LogP contribution in [-0.4, -0.2) is 36.0 Å². The van der Waals surface area contributed by atoms with Crippen LogP contribution >= 0.6 is 0 Å². The van der Waals surface area contributed by atoms with Crippen molar-refractivity contribution >= 4 is 17.5 Å². The largest absolute Gasteiger partial charge is 0.373 e. The molecule has 6 heteroatoms. The number of anilines is 2. The molecule has 19 heavy (non-hydrogen) atoms. The Balaban J connectivity index is 2.62. The van der Waals surface area contributed by atoms with Gasteiger partial charge in [0.25, 0.3) is 0 Å². The number of rotatable bonds is 7. The van der Waals surface area contributed by atoms with Gasteiger partial charge < -0.3 is 16.0 Å². The third-order valence-electron chi connectivity index (χ3n) is 2.55. The van der Waals surface area contributed by atoms with E-state index in [4.69, 9.17) is 0 Å². The first-order valence-electron chi connectivity index (χ1n) is 6.64. The van der Waals surface area contributed by atoms with Gasteiger partial charge in [0.1, 0.15) is 17.5 Å². The van der Waals surface area contributed by atoms with Crippen LogP contribution in [0.3, 0.4) is 0 Å². The van der Waals surface area contributed by atoms with E-state index in [1.54, 1.807) is 0 Å². The summed E-state index contributed by atoms with van der Waals surface area (Å²) in [6.45, 7) is 7.22. The number of amides is 1. The zero-order valence-electron chi connectivity index (χ0n) is 12.1. The third-order valence-corrected chi connectivity index (χ3v) is 2.55. The van der Waals surface area contributed by atoms with Crippen molar-refractivity contribution < 1.29 is 4.79 Å². The topological polar surface area (TPSA) is 78.9 Å². The summed E-state index contributed by atoms with van der Waals surface area (Å²) >= 11 is 0. The normalized spacial score (nSPS) is 10.4. The zero-order valence-corrected chi connectivity index (χ0v) is 12.1. The predicted octanol–water partition coefficient (Wildman–Crippen LogP) is 1.58. The highest BCUT2D eigenvalue weighted by Gasteiger charge is 2.07. The molecular formula is C13H23N5O. The van der Waals surface area contributed by atoms with Gasteiger partial charge in [-0.25, -0.2) is 9.97 Å². The standard InChI is InChI=1S/C13H23N5O/c1-5-15-12(19)6-7-16-11-8-10(14-4)17-13(18-11)9(2)3/h8-9H,5-7H2,1-4H3,(H,15,19)(H2,14,16,17,18). The van der Waals surface area contributed by atoms with Crippen molar-refractivity contribution in [3.05, 3.63) is 11.9 Å². The molecule has 0 bridgehead atoms. The van der Waals surface area contributed by atoms with Crippen LogP contribution in [0.5, 0.6) is 0 Å². The van der Waals surface area contributed by atoms with Gasteiger partial charge in [0.15, 0.2) is 0 Å². The highest BCUT2D eigenvalue weighted by Crippen LogP contribution is 2.16. The minimum atomic E-state index is 0.0435. The summed E-state index contributed by atoms with van der Waals surface area (Å²) in [5.41, 5.74) is 0. The monoisotopic (exact) mass is 265 g/mol. The molecule has 0 aliphatic heterocycles. The summed E-state index contributed by atoms with van der Waals surface area (Å²) in [5, 5.41) is 8.92. The molecular weight excluding hydrogens is 242 g/mol. The van der Waals surface area contributed by atoms with Crippen molar-refractivity contribution in [2.75, 3.05) is 30.8 Å². The van der Waals surface area contributed by atoms with Crippen molar-refractivity contribution in [3.8, 4) is 0 Å². The number of carbonyl (C=O) groups is 1. The number of nitrogens with one attached hydrogen (secondary N) is 3. The average Bonchev–Trinajstić information content (AvgIpc) is 2.38. The highest BCUT2D eigenvalue weighted by molar-refractivity contribution is 5.76. The van der Waals surface area contributed by atoms with Crippen LogP contribution in [0.25, 0.3) is 0 Å². The van der Waals surface area contributed by atoms with E-state index in [9.17, 15) is 4.79 Å². The maximum Gasteiger partial charge on any atom is 0.221 e. The van der Waals surface area contributed by atoms with Crippen molar-refractivity contribution in [2.24, 2.45) is 0 Å². The van der Waals surface area contributed by atoms with Crippen LogP contribution < -0.4 is 16.0 Å². The molecule has 0 spiro atoms. The predicted molar refractivity (Wildman–Crippen MR) is 77.5 cm³/mol. The lowest BCUT2D eigenvalue weighted by Gasteiger charge is -2.11. The van der Waals surface area contributed by atoms with Gasteiger partial charge in [-0.05, 0) is 6.92 Å². The molecule has 0 radical (unpaired) electrons. The van der Waals surface area contributed by atoms with Crippen molar-refractivity contribution in [3.63, 3.8) is 0 Å². The second kappa shape index (κ2) is 7.56. The summed E-state index contributed by atoms with van der Waals surface area (Å²) in [6, 6.07) is 1.84. The fraction of sp³-hybridized carbons (Fsp3) is 0.615. The van der Waals surface area contributed by atoms with E-state index in [1.807, 2.05) is 33.9 Å². The van der Waals surface area contributed by atoms with Crippen LogP contribution in [-0.2, 0) is 4.79 Å². The first-order valence-corrected chi connectivity index (χ1v) is 6.64. The van der Waals surface area contributed by atoms with Gasteiger partial charge in [0.2, 0.25) is 5.91 Å². The molecule has 6 nitrogen and oxygen atoms in total.